The van der Waals surface area contributed by atoms with E-state index in [2.05, 4.69) is 0 Å². The number of nitrogens with two attached hydrogens (primary N) is 1. The molecule has 9 heteroatoms. The van der Waals surface area contributed by atoms with Crippen molar-refractivity contribution in [3.63, 3.8) is 0 Å². The first-order chi connectivity index (χ1) is 16.7. The highest BCUT2D eigenvalue weighted by molar-refractivity contribution is 5.77. The summed E-state index contributed by atoms with van der Waals surface area (Å²) in [6, 6.07) is 3.73. The van der Waals surface area contributed by atoms with E-state index in [1.807, 2.05) is 13.8 Å². The number of carbonyl (C=O) groups excluding carboxylic acids is 4. The predicted octanol–water partition coefficient (Wildman–Crippen LogP) is 4.02. The third-order valence-electron chi connectivity index (χ3n) is 5.01. The van der Waals surface area contributed by atoms with Crippen LogP contribution in [0.25, 0.3) is 0 Å². The summed E-state index contributed by atoms with van der Waals surface area (Å²) in [4.78, 5) is 47.7. The van der Waals surface area contributed by atoms with Crippen LogP contribution in [0.3, 0.4) is 0 Å². The Hall–Kier alpha value is -2.94. The summed E-state index contributed by atoms with van der Waals surface area (Å²) in [5.74, 6) is -1.71. The van der Waals surface area contributed by atoms with Gasteiger partial charge in [-0.1, -0.05) is 45.6 Å². The summed E-state index contributed by atoms with van der Waals surface area (Å²) < 4.78 is 21.0. The molecular formula is C26H39NO8. The zero-order chi connectivity index (χ0) is 26.2. The van der Waals surface area contributed by atoms with Crippen LogP contribution in [-0.4, -0.2) is 42.6 Å². The van der Waals surface area contributed by atoms with Crippen molar-refractivity contribution in [2.45, 2.75) is 97.6 Å². The van der Waals surface area contributed by atoms with Gasteiger partial charge in [-0.3, -0.25) is 19.2 Å². The molecule has 0 saturated heterocycles. The zero-order valence-electron chi connectivity index (χ0n) is 21.3. The molecule has 0 aliphatic heterocycles. The summed E-state index contributed by atoms with van der Waals surface area (Å²) in [6.45, 7) is 6.84. The number of ether oxygens (including phenoxy) is 4. The minimum absolute atomic E-state index is 0.103. The third kappa shape index (κ3) is 12.9. The lowest BCUT2D eigenvalue weighted by Crippen LogP contribution is -2.36. The van der Waals surface area contributed by atoms with Gasteiger partial charge in [-0.15, -0.1) is 0 Å². The van der Waals surface area contributed by atoms with Gasteiger partial charge in [0.2, 0.25) is 0 Å². The summed E-state index contributed by atoms with van der Waals surface area (Å²) in [5.41, 5.74) is 6.58. The van der Waals surface area contributed by atoms with Crippen LogP contribution < -0.4 is 15.2 Å². The van der Waals surface area contributed by atoms with Gasteiger partial charge >= 0.3 is 23.9 Å². The average Bonchev–Trinajstić information content (AvgIpc) is 2.79. The largest absolute Gasteiger partial charge is 0.461 e. The molecule has 9 nitrogen and oxygen atoms in total. The van der Waals surface area contributed by atoms with Crippen molar-refractivity contribution < 1.29 is 38.1 Å². The van der Waals surface area contributed by atoms with Gasteiger partial charge in [0.05, 0.1) is 0 Å². The fraction of sp³-hybridized carbons (Fsp3) is 0.615. The van der Waals surface area contributed by atoms with Crippen molar-refractivity contribution in [3.05, 3.63) is 23.8 Å². The highest BCUT2D eigenvalue weighted by Gasteiger charge is 2.20. The van der Waals surface area contributed by atoms with Crippen molar-refractivity contribution in [3.8, 4) is 11.5 Å². The number of hydrogen-bond acceptors (Lipinski definition) is 9. The Bertz CT molecular complexity index is 839. The number of esters is 4. The van der Waals surface area contributed by atoms with Crippen LogP contribution in [0.1, 0.15) is 84.6 Å². The molecule has 0 unspecified atom stereocenters. The fourth-order valence-corrected chi connectivity index (χ4v) is 3.19. The van der Waals surface area contributed by atoms with Gasteiger partial charge in [-0.05, 0) is 43.9 Å². The van der Waals surface area contributed by atoms with Crippen molar-refractivity contribution in [2.75, 3.05) is 6.61 Å². The Labute approximate surface area is 207 Å². The molecule has 0 saturated carbocycles. The Kier molecular flexibility index (Phi) is 14.3. The molecule has 0 bridgehead atoms. The second-order valence-corrected chi connectivity index (χ2v) is 8.50. The second kappa shape index (κ2) is 16.6. The molecule has 2 N–H and O–H groups in total. The van der Waals surface area contributed by atoms with E-state index in [1.165, 1.54) is 13.0 Å². The number of rotatable bonds is 16. The molecule has 1 aromatic carbocycles. The van der Waals surface area contributed by atoms with E-state index >= 15 is 0 Å². The number of hydrogen-bond donors (Lipinski definition) is 1. The third-order valence-corrected chi connectivity index (χ3v) is 5.01. The number of benzene rings is 1. The molecule has 196 valence electrons. The normalized spacial score (nSPS) is 12.4. The van der Waals surface area contributed by atoms with Crippen LogP contribution >= 0.6 is 0 Å². The predicted molar refractivity (Wildman–Crippen MR) is 130 cm³/mol. The summed E-state index contributed by atoms with van der Waals surface area (Å²) in [7, 11) is 0. The van der Waals surface area contributed by atoms with E-state index in [0.29, 0.717) is 18.4 Å². The minimum Gasteiger partial charge on any atom is -0.461 e. The van der Waals surface area contributed by atoms with Gasteiger partial charge in [0.25, 0.3) is 0 Å². The first-order valence-corrected chi connectivity index (χ1v) is 12.3. The highest BCUT2D eigenvalue weighted by Crippen LogP contribution is 2.30. The molecule has 0 aromatic heterocycles. The topological polar surface area (TPSA) is 131 Å². The lowest BCUT2D eigenvalue weighted by atomic mass is 10.1. The van der Waals surface area contributed by atoms with E-state index in [0.717, 1.165) is 25.7 Å². The molecular weight excluding hydrogens is 454 g/mol. The molecule has 0 amide bonds. The summed E-state index contributed by atoms with van der Waals surface area (Å²) >= 11 is 0. The lowest BCUT2D eigenvalue weighted by molar-refractivity contribution is -0.157. The van der Waals surface area contributed by atoms with Gasteiger partial charge in [0.15, 0.2) is 11.5 Å². The van der Waals surface area contributed by atoms with Crippen LogP contribution in [0.4, 0.5) is 0 Å². The van der Waals surface area contributed by atoms with Gasteiger partial charge in [0, 0.05) is 19.8 Å². The van der Waals surface area contributed by atoms with Crippen LogP contribution in [0.2, 0.25) is 0 Å². The Morgan fingerprint density at radius 1 is 0.886 bits per heavy atom. The molecule has 0 aliphatic carbocycles. The number of unbranched alkanes of at least 4 members (excludes halogenated alkanes) is 4. The van der Waals surface area contributed by atoms with Crippen molar-refractivity contribution in [1.82, 2.24) is 0 Å². The second-order valence-electron chi connectivity index (χ2n) is 8.50. The molecule has 35 heavy (non-hydrogen) atoms. The van der Waals surface area contributed by atoms with E-state index in [9.17, 15) is 19.2 Å². The maximum absolute atomic E-state index is 12.3. The van der Waals surface area contributed by atoms with Crippen LogP contribution in [-0.2, 0) is 35.1 Å². The van der Waals surface area contributed by atoms with Crippen molar-refractivity contribution in [1.29, 1.82) is 0 Å². The standard InChI is InChI=1S/C26H39NO8/c1-5-7-9-11-24(29)34-22-14-13-20(16-23(22)35-25(30)12-10-8-6-2)15-21(27)26(31)32-17-18(3)33-19(4)28/h13-14,16,18,21H,5-12,15,17,27H2,1-4H3/t18-,21-/m0/s1. The summed E-state index contributed by atoms with van der Waals surface area (Å²) in [5, 5.41) is 0. The van der Waals surface area contributed by atoms with E-state index < -0.39 is 36.0 Å². The SMILES string of the molecule is CCCCCC(=O)Oc1ccc(C[C@H](N)C(=O)OC[C@H](C)OC(C)=O)cc1OC(=O)CCCCC. The van der Waals surface area contributed by atoms with Crippen LogP contribution in [0.5, 0.6) is 11.5 Å². The molecule has 0 spiro atoms. The number of carbonyl (C=O) groups is 4. The van der Waals surface area contributed by atoms with Crippen LogP contribution in [0.15, 0.2) is 18.2 Å². The molecule has 1 aromatic rings. The zero-order valence-corrected chi connectivity index (χ0v) is 21.3. The minimum atomic E-state index is -0.991. The quantitative estimate of drug-likeness (QED) is 0.206. The van der Waals surface area contributed by atoms with E-state index in [1.54, 1.807) is 19.1 Å². The lowest BCUT2D eigenvalue weighted by Gasteiger charge is -2.16. The molecule has 0 heterocycles. The smallest absolute Gasteiger partial charge is 0.323 e. The van der Waals surface area contributed by atoms with Gasteiger partial charge < -0.3 is 24.7 Å². The van der Waals surface area contributed by atoms with E-state index in [4.69, 9.17) is 24.7 Å². The Morgan fingerprint density at radius 3 is 2.00 bits per heavy atom. The highest BCUT2D eigenvalue weighted by atomic mass is 16.6. The Morgan fingerprint density at radius 2 is 1.46 bits per heavy atom. The molecule has 0 fully saturated rings. The maximum Gasteiger partial charge on any atom is 0.323 e. The first kappa shape index (κ1) is 30.1. The van der Waals surface area contributed by atoms with E-state index in [-0.39, 0.29) is 37.4 Å². The molecule has 0 radical (unpaired) electrons. The first-order valence-electron chi connectivity index (χ1n) is 12.3. The fourth-order valence-electron chi connectivity index (χ4n) is 3.19. The molecule has 2 atom stereocenters. The maximum atomic E-state index is 12.3. The van der Waals surface area contributed by atoms with Crippen LogP contribution in [0, 0.1) is 0 Å². The monoisotopic (exact) mass is 493 g/mol. The summed E-state index contributed by atoms with van der Waals surface area (Å²) in [6.07, 6.45) is 5.21. The average molecular weight is 494 g/mol. The molecule has 1 rings (SSSR count). The van der Waals surface area contributed by atoms with Gasteiger partial charge in [0.1, 0.15) is 18.8 Å². The van der Waals surface area contributed by atoms with Gasteiger partial charge in [-0.25, -0.2) is 0 Å². The van der Waals surface area contributed by atoms with Crippen molar-refractivity contribution >= 4 is 23.9 Å². The molecule has 0 aliphatic rings. The van der Waals surface area contributed by atoms with Crippen molar-refractivity contribution in [2.24, 2.45) is 5.73 Å². The Balaban J connectivity index is 2.87. The van der Waals surface area contributed by atoms with Gasteiger partial charge in [-0.2, -0.15) is 0 Å².